The molecular weight excluding hydrogens is 266 g/mol. The van der Waals surface area contributed by atoms with Gasteiger partial charge in [-0.3, -0.25) is 4.98 Å². The molecule has 0 bridgehead atoms. The van der Waals surface area contributed by atoms with Crippen molar-refractivity contribution >= 4 is 17.3 Å². The molecule has 0 radical (unpaired) electrons. The zero-order chi connectivity index (χ0) is 15.1. The van der Waals surface area contributed by atoms with E-state index in [1.165, 1.54) is 7.11 Å². The van der Waals surface area contributed by atoms with Gasteiger partial charge in [0.15, 0.2) is 6.04 Å². The van der Waals surface area contributed by atoms with Crippen LogP contribution in [0.5, 0.6) is 0 Å². The second kappa shape index (κ2) is 7.28. The Labute approximate surface area is 124 Å². The van der Waals surface area contributed by atoms with Gasteiger partial charge in [0.1, 0.15) is 0 Å². The number of rotatable bonds is 6. The molecule has 5 heteroatoms. The van der Waals surface area contributed by atoms with Crippen molar-refractivity contribution in [2.24, 2.45) is 0 Å². The molecule has 0 aliphatic rings. The summed E-state index contributed by atoms with van der Waals surface area (Å²) in [5.41, 5.74) is 2.50. The first-order chi connectivity index (χ1) is 10.2. The lowest BCUT2D eigenvalue weighted by Crippen LogP contribution is -2.22. The number of pyridine rings is 1. The van der Waals surface area contributed by atoms with Gasteiger partial charge in [-0.1, -0.05) is 30.3 Å². The molecule has 1 atom stereocenters. The molecule has 1 heterocycles. The molecule has 110 valence electrons. The van der Waals surface area contributed by atoms with Crippen LogP contribution < -0.4 is 10.6 Å². The smallest absolute Gasteiger partial charge is 0.332 e. The highest BCUT2D eigenvalue weighted by Crippen LogP contribution is 2.22. The van der Waals surface area contributed by atoms with Crippen molar-refractivity contribution in [1.29, 1.82) is 0 Å². The van der Waals surface area contributed by atoms with Crippen LogP contribution in [0.3, 0.4) is 0 Å². The highest BCUT2D eigenvalue weighted by molar-refractivity contribution is 5.81. The number of nitrogens with zero attached hydrogens (tertiary/aromatic N) is 1. The average Bonchev–Trinajstić information content (AvgIpc) is 2.53. The van der Waals surface area contributed by atoms with E-state index in [-0.39, 0.29) is 5.97 Å². The van der Waals surface area contributed by atoms with Crippen molar-refractivity contribution in [3.8, 4) is 0 Å². The number of hydrogen-bond acceptors (Lipinski definition) is 5. The van der Waals surface area contributed by atoms with Crippen LogP contribution in [-0.4, -0.2) is 24.6 Å². The quantitative estimate of drug-likeness (QED) is 0.799. The largest absolute Gasteiger partial charge is 0.467 e. The summed E-state index contributed by atoms with van der Waals surface area (Å²) in [5, 5.41) is 6.35. The molecule has 21 heavy (non-hydrogen) atoms. The predicted octanol–water partition coefficient (Wildman–Crippen LogP) is 2.84. The van der Waals surface area contributed by atoms with E-state index in [0.29, 0.717) is 0 Å². The standard InChI is InChI=1S/C16H19N3O2/c1-3-18-13-9-14(11-17-10-13)19-15(16(20)21-2)12-7-5-4-6-8-12/h4-11,15,18-19H,3H2,1-2H3. The van der Waals surface area contributed by atoms with Crippen molar-refractivity contribution in [3.05, 3.63) is 54.4 Å². The molecular formula is C16H19N3O2. The van der Waals surface area contributed by atoms with E-state index in [1.54, 1.807) is 12.4 Å². The molecule has 0 fully saturated rings. The number of hydrogen-bond donors (Lipinski definition) is 2. The predicted molar refractivity (Wildman–Crippen MR) is 83.2 cm³/mol. The van der Waals surface area contributed by atoms with Crippen molar-refractivity contribution in [2.45, 2.75) is 13.0 Å². The van der Waals surface area contributed by atoms with E-state index in [0.717, 1.165) is 23.5 Å². The van der Waals surface area contributed by atoms with Gasteiger partial charge in [0, 0.05) is 6.54 Å². The van der Waals surface area contributed by atoms with Crippen molar-refractivity contribution in [1.82, 2.24) is 4.98 Å². The molecule has 0 aliphatic heterocycles. The van der Waals surface area contributed by atoms with Gasteiger partial charge in [0.25, 0.3) is 0 Å². The second-order valence-electron chi connectivity index (χ2n) is 4.50. The number of nitrogens with one attached hydrogen (secondary N) is 2. The topological polar surface area (TPSA) is 63.2 Å². The van der Waals surface area contributed by atoms with Crippen LogP contribution in [0.1, 0.15) is 18.5 Å². The van der Waals surface area contributed by atoms with Crippen LogP contribution in [0, 0.1) is 0 Å². The Bertz CT molecular complexity index is 587. The highest BCUT2D eigenvalue weighted by atomic mass is 16.5. The first kappa shape index (κ1) is 14.8. The molecule has 1 aromatic heterocycles. The van der Waals surface area contributed by atoms with Gasteiger partial charge in [-0.2, -0.15) is 0 Å². The number of carbonyl (C=O) groups is 1. The highest BCUT2D eigenvalue weighted by Gasteiger charge is 2.21. The third-order valence-electron chi connectivity index (χ3n) is 3.00. The Kier molecular flexibility index (Phi) is 5.15. The first-order valence-corrected chi connectivity index (χ1v) is 6.82. The van der Waals surface area contributed by atoms with E-state index in [9.17, 15) is 4.79 Å². The van der Waals surface area contributed by atoms with E-state index >= 15 is 0 Å². The minimum Gasteiger partial charge on any atom is -0.467 e. The molecule has 0 amide bonds. The summed E-state index contributed by atoms with van der Waals surface area (Å²) in [4.78, 5) is 16.2. The third kappa shape index (κ3) is 3.95. The van der Waals surface area contributed by atoms with Crippen LogP contribution in [0.15, 0.2) is 48.8 Å². The second-order valence-corrected chi connectivity index (χ2v) is 4.50. The average molecular weight is 285 g/mol. The SMILES string of the molecule is CCNc1cncc(NC(C(=O)OC)c2ccccc2)c1. The number of esters is 1. The fourth-order valence-electron chi connectivity index (χ4n) is 2.03. The van der Waals surface area contributed by atoms with Gasteiger partial charge in [-0.25, -0.2) is 4.79 Å². The molecule has 5 nitrogen and oxygen atoms in total. The lowest BCUT2D eigenvalue weighted by molar-refractivity contribution is -0.141. The summed E-state index contributed by atoms with van der Waals surface area (Å²) in [6, 6.07) is 10.8. The summed E-state index contributed by atoms with van der Waals surface area (Å²) in [6.45, 7) is 2.82. The van der Waals surface area contributed by atoms with Crippen LogP contribution in [-0.2, 0) is 9.53 Å². The summed E-state index contributed by atoms with van der Waals surface area (Å²) in [6.07, 6.45) is 3.42. The summed E-state index contributed by atoms with van der Waals surface area (Å²) >= 11 is 0. The van der Waals surface area contributed by atoms with E-state index < -0.39 is 6.04 Å². The minimum atomic E-state index is -0.560. The Morgan fingerprint density at radius 2 is 1.95 bits per heavy atom. The lowest BCUT2D eigenvalue weighted by Gasteiger charge is -2.18. The van der Waals surface area contributed by atoms with Crippen LogP contribution >= 0.6 is 0 Å². The number of ether oxygens (including phenoxy) is 1. The zero-order valence-electron chi connectivity index (χ0n) is 12.2. The van der Waals surface area contributed by atoms with E-state index in [2.05, 4.69) is 15.6 Å². The first-order valence-electron chi connectivity index (χ1n) is 6.82. The normalized spacial score (nSPS) is 11.5. The Hall–Kier alpha value is -2.56. The molecule has 1 aromatic carbocycles. The number of methoxy groups -OCH3 is 1. The van der Waals surface area contributed by atoms with E-state index in [1.807, 2.05) is 43.3 Å². The molecule has 0 saturated heterocycles. The monoisotopic (exact) mass is 285 g/mol. The summed E-state index contributed by atoms with van der Waals surface area (Å²) < 4.78 is 4.88. The van der Waals surface area contributed by atoms with E-state index in [4.69, 9.17) is 4.74 Å². The van der Waals surface area contributed by atoms with Gasteiger partial charge < -0.3 is 15.4 Å². The number of benzene rings is 1. The van der Waals surface area contributed by atoms with Gasteiger partial charge in [0.05, 0.1) is 30.9 Å². The lowest BCUT2D eigenvalue weighted by atomic mass is 10.1. The summed E-state index contributed by atoms with van der Waals surface area (Å²) in [5.74, 6) is -0.338. The maximum absolute atomic E-state index is 12.0. The van der Waals surface area contributed by atoms with Crippen molar-refractivity contribution in [2.75, 3.05) is 24.3 Å². The zero-order valence-corrected chi connectivity index (χ0v) is 12.2. The van der Waals surface area contributed by atoms with Gasteiger partial charge in [-0.15, -0.1) is 0 Å². The van der Waals surface area contributed by atoms with Crippen LogP contribution in [0.2, 0.25) is 0 Å². The Morgan fingerprint density at radius 3 is 2.62 bits per heavy atom. The Balaban J connectivity index is 2.23. The maximum Gasteiger partial charge on any atom is 0.332 e. The number of anilines is 2. The molecule has 2 N–H and O–H groups in total. The van der Waals surface area contributed by atoms with Gasteiger partial charge in [-0.05, 0) is 18.6 Å². The Morgan fingerprint density at radius 1 is 1.24 bits per heavy atom. The van der Waals surface area contributed by atoms with Gasteiger partial charge in [0.2, 0.25) is 0 Å². The van der Waals surface area contributed by atoms with Gasteiger partial charge >= 0.3 is 5.97 Å². The molecule has 0 saturated carbocycles. The minimum absolute atomic E-state index is 0.338. The molecule has 0 spiro atoms. The van der Waals surface area contributed by atoms with Crippen molar-refractivity contribution in [3.63, 3.8) is 0 Å². The molecule has 1 unspecified atom stereocenters. The fourth-order valence-corrected chi connectivity index (χ4v) is 2.03. The molecule has 2 aromatic rings. The molecule has 2 rings (SSSR count). The van der Waals surface area contributed by atoms with Crippen LogP contribution in [0.4, 0.5) is 11.4 Å². The summed E-state index contributed by atoms with van der Waals surface area (Å²) in [7, 11) is 1.38. The van der Waals surface area contributed by atoms with Crippen molar-refractivity contribution < 1.29 is 9.53 Å². The molecule has 0 aliphatic carbocycles. The fraction of sp³-hybridized carbons (Fsp3) is 0.250. The third-order valence-corrected chi connectivity index (χ3v) is 3.00. The number of aromatic nitrogens is 1. The maximum atomic E-state index is 12.0. The number of carbonyl (C=O) groups excluding carboxylic acids is 1. The van der Waals surface area contributed by atoms with Crippen LogP contribution in [0.25, 0.3) is 0 Å².